The Hall–Kier alpha value is -1.78. The van der Waals surface area contributed by atoms with Crippen LogP contribution < -0.4 is 19.5 Å². The second-order valence-electron chi connectivity index (χ2n) is 5.44. The van der Waals surface area contributed by atoms with Crippen LogP contribution in [0.3, 0.4) is 0 Å². The van der Waals surface area contributed by atoms with Gasteiger partial charge in [0.05, 0.1) is 11.6 Å². The van der Waals surface area contributed by atoms with Gasteiger partial charge in [-0.2, -0.15) is 0 Å². The maximum atomic E-state index is 6.27. The molecule has 1 aliphatic rings. The summed E-state index contributed by atoms with van der Waals surface area (Å²) in [6.45, 7) is 4.35. The average molecular weight is 368 g/mol. The fraction of sp³-hybridized carbons (Fsp3) is 0.333. The topological polar surface area (TPSA) is 39.7 Å². The van der Waals surface area contributed by atoms with E-state index in [2.05, 4.69) is 12.2 Å². The van der Waals surface area contributed by atoms with Crippen LogP contribution >= 0.6 is 23.2 Å². The van der Waals surface area contributed by atoms with Crippen molar-refractivity contribution in [3.8, 4) is 17.2 Å². The smallest absolute Gasteiger partial charge is 0.163 e. The highest BCUT2D eigenvalue weighted by atomic mass is 35.5. The second-order valence-corrected chi connectivity index (χ2v) is 6.28. The standard InChI is InChI=1S/C18H19Cl2NO3/c1-2-5-24-18-12(8-13(19)9-15(18)20)11-21-14-3-4-16-17(10-14)23-7-6-22-16/h3-4,8-10,21H,2,5-7,11H2,1H3. The van der Waals surface area contributed by atoms with Gasteiger partial charge < -0.3 is 19.5 Å². The molecule has 3 rings (SSSR count). The van der Waals surface area contributed by atoms with E-state index in [9.17, 15) is 0 Å². The number of hydrogen-bond acceptors (Lipinski definition) is 4. The predicted octanol–water partition coefficient (Wildman–Crippen LogP) is 5.17. The molecule has 0 bridgehead atoms. The number of fused-ring (bicyclic) bond motifs is 1. The Morgan fingerprint density at radius 2 is 1.88 bits per heavy atom. The lowest BCUT2D eigenvalue weighted by molar-refractivity contribution is 0.171. The SMILES string of the molecule is CCCOc1c(Cl)cc(Cl)cc1CNc1ccc2c(c1)OCCO2. The maximum absolute atomic E-state index is 6.27. The van der Waals surface area contributed by atoms with Gasteiger partial charge >= 0.3 is 0 Å². The molecule has 0 fully saturated rings. The summed E-state index contributed by atoms with van der Waals surface area (Å²) in [4.78, 5) is 0. The van der Waals surface area contributed by atoms with Gasteiger partial charge in [0, 0.05) is 28.9 Å². The minimum Gasteiger partial charge on any atom is -0.492 e. The van der Waals surface area contributed by atoms with Gasteiger partial charge in [-0.15, -0.1) is 0 Å². The molecule has 0 amide bonds. The zero-order valence-corrected chi connectivity index (χ0v) is 14.9. The minimum atomic E-state index is 0.523. The molecule has 2 aromatic rings. The summed E-state index contributed by atoms with van der Waals surface area (Å²) in [5.41, 5.74) is 1.84. The van der Waals surface area contributed by atoms with Crippen molar-refractivity contribution in [3.63, 3.8) is 0 Å². The molecule has 0 radical (unpaired) electrons. The van der Waals surface area contributed by atoms with Crippen LogP contribution in [0, 0.1) is 0 Å². The minimum absolute atomic E-state index is 0.523. The van der Waals surface area contributed by atoms with Gasteiger partial charge in [-0.05, 0) is 30.7 Å². The molecule has 1 heterocycles. The van der Waals surface area contributed by atoms with Crippen molar-refractivity contribution in [1.29, 1.82) is 0 Å². The Bertz CT molecular complexity index is 722. The molecule has 0 atom stereocenters. The summed E-state index contributed by atoms with van der Waals surface area (Å²) in [5, 5.41) is 4.46. The van der Waals surface area contributed by atoms with E-state index in [0.717, 1.165) is 29.2 Å². The summed E-state index contributed by atoms with van der Waals surface area (Å²) >= 11 is 12.4. The van der Waals surface area contributed by atoms with Crippen LogP contribution in [0.25, 0.3) is 0 Å². The van der Waals surface area contributed by atoms with Crippen molar-refractivity contribution >= 4 is 28.9 Å². The lowest BCUT2D eigenvalue weighted by Gasteiger charge is -2.19. The molecule has 0 saturated carbocycles. The number of nitrogens with one attached hydrogen (secondary N) is 1. The van der Waals surface area contributed by atoms with Crippen LogP contribution in [-0.2, 0) is 6.54 Å². The summed E-state index contributed by atoms with van der Waals surface area (Å²) in [5.74, 6) is 2.19. The van der Waals surface area contributed by atoms with E-state index in [-0.39, 0.29) is 0 Å². The van der Waals surface area contributed by atoms with Gasteiger partial charge in [0.15, 0.2) is 11.5 Å². The zero-order chi connectivity index (χ0) is 16.9. The molecule has 1 N–H and O–H groups in total. The molecule has 0 aromatic heterocycles. The molecule has 0 saturated heterocycles. The van der Waals surface area contributed by atoms with E-state index in [1.807, 2.05) is 24.3 Å². The highest BCUT2D eigenvalue weighted by Gasteiger charge is 2.13. The molecule has 2 aromatic carbocycles. The van der Waals surface area contributed by atoms with Gasteiger partial charge in [-0.25, -0.2) is 0 Å². The Morgan fingerprint density at radius 1 is 1.08 bits per heavy atom. The summed E-state index contributed by atoms with van der Waals surface area (Å²) in [6, 6.07) is 9.33. The molecular weight excluding hydrogens is 349 g/mol. The molecule has 4 nitrogen and oxygen atoms in total. The molecule has 1 aliphatic heterocycles. The number of ether oxygens (including phenoxy) is 3. The first-order valence-electron chi connectivity index (χ1n) is 7.91. The van der Waals surface area contributed by atoms with E-state index in [4.69, 9.17) is 37.4 Å². The Kier molecular flexibility index (Phi) is 5.59. The quantitative estimate of drug-likeness (QED) is 0.764. The molecule has 0 spiro atoms. The fourth-order valence-electron chi connectivity index (χ4n) is 2.46. The van der Waals surface area contributed by atoms with E-state index in [1.54, 1.807) is 6.07 Å². The first-order valence-corrected chi connectivity index (χ1v) is 8.67. The second kappa shape index (κ2) is 7.86. The largest absolute Gasteiger partial charge is 0.492 e. The Labute approximate surface area is 151 Å². The monoisotopic (exact) mass is 367 g/mol. The molecule has 0 unspecified atom stereocenters. The molecule has 128 valence electrons. The van der Waals surface area contributed by atoms with E-state index in [0.29, 0.717) is 42.2 Å². The van der Waals surface area contributed by atoms with Crippen LogP contribution in [0.15, 0.2) is 30.3 Å². The van der Waals surface area contributed by atoms with Crippen LogP contribution in [0.5, 0.6) is 17.2 Å². The number of benzene rings is 2. The summed E-state index contributed by atoms with van der Waals surface area (Å²) in [7, 11) is 0. The van der Waals surface area contributed by atoms with Gasteiger partial charge in [0.2, 0.25) is 0 Å². The average Bonchev–Trinajstić information content (AvgIpc) is 2.58. The van der Waals surface area contributed by atoms with Gasteiger partial charge in [-0.1, -0.05) is 30.1 Å². The molecule has 24 heavy (non-hydrogen) atoms. The van der Waals surface area contributed by atoms with Crippen molar-refractivity contribution < 1.29 is 14.2 Å². The Balaban J connectivity index is 1.76. The number of hydrogen-bond donors (Lipinski definition) is 1. The fourth-order valence-corrected chi connectivity index (χ4v) is 3.05. The third-order valence-electron chi connectivity index (χ3n) is 3.56. The predicted molar refractivity (Wildman–Crippen MR) is 97.0 cm³/mol. The van der Waals surface area contributed by atoms with Gasteiger partial charge in [0.1, 0.15) is 19.0 Å². The lowest BCUT2D eigenvalue weighted by atomic mass is 10.2. The first kappa shape index (κ1) is 17.1. The van der Waals surface area contributed by atoms with E-state index < -0.39 is 0 Å². The highest BCUT2D eigenvalue weighted by molar-refractivity contribution is 6.35. The molecule has 0 aliphatic carbocycles. The van der Waals surface area contributed by atoms with Crippen molar-refractivity contribution in [2.75, 3.05) is 25.1 Å². The van der Waals surface area contributed by atoms with Crippen molar-refractivity contribution in [3.05, 3.63) is 45.9 Å². The number of rotatable bonds is 6. The number of anilines is 1. The third kappa shape index (κ3) is 4.00. The molecule has 6 heteroatoms. The van der Waals surface area contributed by atoms with Crippen molar-refractivity contribution in [2.24, 2.45) is 0 Å². The molecular formula is C18H19Cl2NO3. The van der Waals surface area contributed by atoms with Gasteiger partial charge in [0.25, 0.3) is 0 Å². The van der Waals surface area contributed by atoms with Crippen molar-refractivity contribution in [2.45, 2.75) is 19.9 Å². The van der Waals surface area contributed by atoms with Gasteiger partial charge in [-0.3, -0.25) is 0 Å². The zero-order valence-electron chi connectivity index (χ0n) is 13.4. The van der Waals surface area contributed by atoms with Crippen molar-refractivity contribution in [1.82, 2.24) is 0 Å². The summed E-state index contributed by atoms with van der Waals surface area (Å²) in [6.07, 6.45) is 0.911. The normalized spacial score (nSPS) is 12.8. The van der Waals surface area contributed by atoms with Crippen LogP contribution in [0.1, 0.15) is 18.9 Å². The van der Waals surface area contributed by atoms with E-state index >= 15 is 0 Å². The first-order chi connectivity index (χ1) is 11.7. The highest BCUT2D eigenvalue weighted by Crippen LogP contribution is 2.35. The lowest BCUT2D eigenvalue weighted by Crippen LogP contribution is -2.15. The Morgan fingerprint density at radius 3 is 2.67 bits per heavy atom. The third-order valence-corrected chi connectivity index (χ3v) is 4.06. The van der Waals surface area contributed by atoms with Crippen LogP contribution in [-0.4, -0.2) is 19.8 Å². The van der Waals surface area contributed by atoms with Crippen LogP contribution in [0.4, 0.5) is 5.69 Å². The van der Waals surface area contributed by atoms with Crippen LogP contribution in [0.2, 0.25) is 10.0 Å². The number of halogens is 2. The maximum Gasteiger partial charge on any atom is 0.163 e. The van der Waals surface area contributed by atoms with E-state index in [1.165, 1.54) is 0 Å². The summed E-state index contributed by atoms with van der Waals surface area (Å²) < 4.78 is 16.9.